The van der Waals surface area contributed by atoms with Crippen molar-refractivity contribution >= 4 is 23.1 Å². The molecular weight excluding hydrogens is 256 g/mol. The number of thiazole rings is 1. The molecule has 6 nitrogen and oxygen atoms in total. The maximum Gasteiger partial charge on any atom is 0.221 e. The SMILES string of the molecule is c1cncc(-n2nnnc2Sc2nccs2)c1. The summed E-state index contributed by atoms with van der Waals surface area (Å²) in [6, 6.07) is 3.74. The number of pyridine rings is 1. The Morgan fingerprint density at radius 2 is 2.29 bits per heavy atom. The van der Waals surface area contributed by atoms with Crippen molar-refractivity contribution in [3.05, 3.63) is 36.1 Å². The number of nitrogens with zero attached hydrogens (tertiary/aromatic N) is 6. The predicted octanol–water partition coefficient (Wildman–Crippen LogP) is 1.66. The Balaban J connectivity index is 1.95. The topological polar surface area (TPSA) is 69.4 Å². The van der Waals surface area contributed by atoms with E-state index in [0.717, 1.165) is 10.0 Å². The molecule has 0 fully saturated rings. The molecule has 0 unspecified atom stereocenters. The summed E-state index contributed by atoms with van der Waals surface area (Å²) in [7, 11) is 0. The number of hydrogen-bond donors (Lipinski definition) is 0. The van der Waals surface area contributed by atoms with Gasteiger partial charge in [0.15, 0.2) is 4.34 Å². The molecule has 84 valence electrons. The lowest BCUT2D eigenvalue weighted by atomic mass is 10.4. The standard InChI is InChI=1S/C9H6N6S2/c1-2-7(6-10-3-1)15-8(12-13-14-15)17-9-11-4-5-16-9/h1-6H. The van der Waals surface area contributed by atoms with Crippen molar-refractivity contribution < 1.29 is 0 Å². The highest BCUT2D eigenvalue weighted by atomic mass is 32.2. The fraction of sp³-hybridized carbons (Fsp3) is 0. The second-order valence-corrected chi connectivity index (χ2v) is 5.09. The lowest BCUT2D eigenvalue weighted by molar-refractivity contribution is 0.753. The molecule has 0 aliphatic heterocycles. The van der Waals surface area contributed by atoms with E-state index in [-0.39, 0.29) is 0 Å². The Hall–Kier alpha value is -1.80. The molecule has 0 N–H and O–H groups in total. The van der Waals surface area contributed by atoms with E-state index < -0.39 is 0 Å². The molecular formula is C9H6N6S2. The van der Waals surface area contributed by atoms with Gasteiger partial charge in [-0.05, 0) is 34.3 Å². The summed E-state index contributed by atoms with van der Waals surface area (Å²) in [6.07, 6.45) is 5.18. The van der Waals surface area contributed by atoms with Crippen molar-refractivity contribution in [2.75, 3.05) is 0 Å². The smallest absolute Gasteiger partial charge is 0.221 e. The van der Waals surface area contributed by atoms with Gasteiger partial charge in [-0.2, -0.15) is 4.68 Å². The summed E-state index contributed by atoms with van der Waals surface area (Å²) in [6.45, 7) is 0. The van der Waals surface area contributed by atoms with Crippen molar-refractivity contribution in [1.82, 2.24) is 30.2 Å². The molecule has 0 aliphatic rings. The molecule has 0 atom stereocenters. The number of rotatable bonds is 3. The molecule has 3 rings (SSSR count). The van der Waals surface area contributed by atoms with Gasteiger partial charge in [0.1, 0.15) is 0 Å². The quantitative estimate of drug-likeness (QED) is 0.715. The molecule has 0 aliphatic carbocycles. The highest BCUT2D eigenvalue weighted by Crippen LogP contribution is 2.27. The first-order chi connectivity index (χ1) is 8.43. The van der Waals surface area contributed by atoms with Gasteiger partial charge in [-0.25, -0.2) is 4.98 Å². The Kier molecular flexibility index (Phi) is 2.80. The van der Waals surface area contributed by atoms with Crippen LogP contribution in [0.4, 0.5) is 0 Å². The summed E-state index contributed by atoms with van der Waals surface area (Å²) in [5.41, 5.74) is 0.830. The number of hydrogen-bond acceptors (Lipinski definition) is 7. The zero-order chi connectivity index (χ0) is 11.5. The van der Waals surface area contributed by atoms with Crippen LogP contribution in [0, 0.1) is 0 Å². The molecule has 3 aromatic rings. The molecule has 3 aromatic heterocycles. The molecule has 17 heavy (non-hydrogen) atoms. The van der Waals surface area contributed by atoms with Crippen LogP contribution in [0.3, 0.4) is 0 Å². The maximum atomic E-state index is 4.18. The second-order valence-electron chi connectivity index (χ2n) is 2.98. The molecule has 0 radical (unpaired) electrons. The van der Waals surface area contributed by atoms with Crippen molar-refractivity contribution in [3.8, 4) is 5.69 Å². The number of tetrazole rings is 1. The van der Waals surface area contributed by atoms with E-state index in [0.29, 0.717) is 5.16 Å². The summed E-state index contributed by atoms with van der Waals surface area (Å²) < 4.78 is 2.55. The molecule has 0 aromatic carbocycles. The third kappa shape index (κ3) is 2.17. The molecule has 0 spiro atoms. The Morgan fingerprint density at radius 3 is 3.06 bits per heavy atom. The Morgan fingerprint density at radius 1 is 1.29 bits per heavy atom. The van der Waals surface area contributed by atoms with Crippen molar-refractivity contribution in [1.29, 1.82) is 0 Å². The second kappa shape index (κ2) is 4.60. The van der Waals surface area contributed by atoms with E-state index >= 15 is 0 Å². The van der Waals surface area contributed by atoms with Gasteiger partial charge in [0, 0.05) is 17.8 Å². The third-order valence-electron chi connectivity index (χ3n) is 1.92. The minimum atomic E-state index is 0.674. The maximum absolute atomic E-state index is 4.18. The predicted molar refractivity (Wildman–Crippen MR) is 63.2 cm³/mol. The van der Waals surface area contributed by atoms with E-state index in [1.165, 1.54) is 11.8 Å². The molecule has 0 saturated heterocycles. The summed E-state index contributed by atoms with van der Waals surface area (Å²) >= 11 is 2.98. The Labute approximate surface area is 105 Å². The monoisotopic (exact) mass is 262 g/mol. The van der Waals surface area contributed by atoms with E-state index in [4.69, 9.17) is 0 Å². The lowest BCUT2D eigenvalue weighted by Crippen LogP contribution is -1.98. The first kappa shape index (κ1) is 10.4. The van der Waals surface area contributed by atoms with Crippen LogP contribution >= 0.6 is 23.1 Å². The minimum absolute atomic E-state index is 0.674. The molecule has 0 bridgehead atoms. The van der Waals surface area contributed by atoms with Gasteiger partial charge in [0.05, 0.1) is 11.9 Å². The van der Waals surface area contributed by atoms with Gasteiger partial charge < -0.3 is 0 Å². The fourth-order valence-electron chi connectivity index (χ4n) is 1.22. The zero-order valence-corrected chi connectivity index (χ0v) is 10.1. The van der Waals surface area contributed by atoms with Crippen molar-refractivity contribution in [2.24, 2.45) is 0 Å². The largest absolute Gasteiger partial charge is 0.262 e. The van der Waals surface area contributed by atoms with Crippen molar-refractivity contribution in [2.45, 2.75) is 9.50 Å². The highest BCUT2D eigenvalue weighted by Gasteiger charge is 2.11. The highest BCUT2D eigenvalue weighted by molar-refractivity contribution is 8.00. The van der Waals surface area contributed by atoms with E-state index in [9.17, 15) is 0 Å². The average molecular weight is 262 g/mol. The van der Waals surface area contributed by atoms with Crippen LogP contribution in [0.25, 0.3) is 5.69 Å². The van der Waals surface area contributed by atoms with Gasteiger partial charge >= 0.3 is 0 Å². The van der Waals surface area contributed by atoms with E-state index in [1.54, 1.807) is 34.6 Å². The van der Waals surface area contributed by atoms with Gasteiger partial charge in [0.2, 0.25) is 5.16 Å². The van der Waals surface area contributed by atoms with Gasteiger partial charge in [0.25, 0.3) is 0 Å². The molecule has 8 heteroatoms. The summed E-state index contributed by atoms with van der Waals surface area (Å²) in [5.74, 6) is 0. The van der Waals surface area contributed by atoms with Crippen LogP contribution in [0.5, 0.6) is 0 Å². The van der Waals surface area contributed by atoms with Crippen molar-refractivity contribution in [3.63, 3.8) is 0 Å². The van der Waals surface area contributed by atoms with Crippen LogP contribution < -0.4 is 0 Å². The molecule has 3 heterocycles. The third-order valence-corrected chi connectivity index (χ3v) is 3.74. The van der Waals surface area contributed by atoms with Crippen LogP contribution in [-0.2, 0) is 0 Å². The normalized spacial score (nSPS) is 10.6. The lowest BCUT2D eigenvalue weighted by Gasteiger charge is -2.00. The van der Waals surface area contributed by atoms with Crippen LogP contribution in [0.1, 0.15) is 0 Å². The summed E-state index contributed by atoms with van der Waals surface area (Å²) in [5, 5.41) is 14.2. The Bertz CT molecular complexity index is 591. The van der Waals surface area contributed by atoms with E-state index in [2.05, 4.69) is 25.5 Å². The van der Waals surface area contributed by atoms with Crippen LogP contribution in [0.15, 0.2) is 45.6 Å². The zero-order valence-electron chi connectivity index (χ0n) is 8.46. The fourth-order valence-corrected chi connectivity index (χ4v) is 2.74. The minimum Gasteiger partial charge on any atom is -0.262 e. The van der Waals surface area contributed by atoms with Gasteiger partial charge in [-0.1, -0.05) is 0 Å². The first-order valence-electron chi connectivity index (χ1n) is 4.69. The molecule has 0 amide bonds. The van der Waals surface area contributed by atoms with Crippen LogP contribution in [-0.4, -0.2) is 30.2 Å². The van der Waals surface area contributed by atoms with Crippen LogP contribution in [0.2, 0.25) is 0 Å². The van der Waals surface area contributed by atoms with Gasteiger partial charge in [-0.3, -0.25) is 4.98 Å². The average Bonchev–Trinajstić information content (AvgIpc) is 3.02. The molecule has 0 saturated carbocycles. The summed E-state index contributed by atoms with van der Waals surface area (Å²) in [4.78, 5) is 8.22. The van der Waals surface area contributed by atoms with E-state index in [1.807, 2.05) is 17.5 Å². The number of aromatic nitrogens is 6. The van der Waals surface area contributed by atoms with Gasteiger partial charge in [-0.15, -0.1) is 16.4 Å². The first-order valence-corrected chi connectivity index (χ1v) is 6.39.